The Balaban J connectivity index is 1.71. The summed E-state index contributed by atoms with van der Waals surface area (Å²) in [6, 6.07) is 13.3. The van der Waals surface area contributed by atoms with Crippen molar-refractivity contribution in [3.63, 3.8) is 0 Å². The van der Waals surface area contributed by atoms with Gasteiger partial charge >= 0.3 is 0 Å². The number of para-hydroxylation sites is 1. The number of benzene rings is 1. The zero-order valence-corrected chi connectivity index (χ0v) is 11.4. The van der Waals surface area contributed by atoms with E-state index in [1.54, 1.807) is 0 Å². The number of fused-ring (bicyclic) bond motifs is 1. The molecule has 0 bridgehead atoms. The van der Waals surface area contributed by atoms with Crippen LogP contribution in [-0.2, 0) is 0 Å². The summed E-state index contributed by atoms with van der Waals surface area (Å²) in [5, 5.41) is 4.63. The van der Waals surface area contributed by atoms with Gasteiger partial charge < -0.3 is 5.32 Å². The van der Waals surface area contributed by atoms with Crippen LogP contribution < -0.4 is 16.2 Å². The predicted molar refractivity (Wildman–Crippen MR) is 78.9 cm³/mol. The SMILES string of the molecule is CC1NNC(C)C1CNc1ccc2ccccc2n1. The Bertz CT molecular complexity index is 559. The van der Waals surface area contributed by atoms with E-state index < -0.39 is 0 Å². The number of pyridine rings is 1. The predicted octanol–water partition coefficient (Wildman–Crippen LogP) is 2.15. The molecule has 3 N–H and O–H groups in total. The Labute approximate surface area is 113 Å². The minimum Gasteiger partial charge on any atom is -0.370 e. The lowest BCUT2D eigenvalue weighted by molar-refractivity contribution is 0.466. The van der Waals surface area contributed by atoms with Gasteiger partial charge in [-0.3, -0.25) is 10.9 Å². The van der Waals surface area contributed by atoms with Crippen LogP contribution >= 0.6 is 0 Å². The Kier molecular flexibility index (Phi) is 3.36. The van der Waals surface area contributed by atoms with Crippen molar-refractivity contribution < 1.29 is 0 Å². The van der Waals surface area contributed by atoms with Crippen molar-refractivity contribution in [2.24, 2.45) is 5.92 Å². The molecule has 0 amide bonds. The highest BCUT2D eigenvalue weighted by molar-refractivity contribution is 5.80. The lowest BCUT2D eigenvalue weighted by atomic mass is 9.97. The Morgan fingerprint density at radius 1 is 1.05 bits per heavy atom. The van der Waals surface area contributed by atoms with Crippen molar-refractivity contribution in [1.29, 1.82) is 0 Å². The minimum atomic E-state index is 0.475. The van der Waals surface area contributed by atoms with Crippen LogP contribution in [0, 0.1) is 5.92 Å². The first kappa shape index (κ1) is 12.4. The molecule has 1 saturated heterocycles. The summed E-state index contributed by atoms with van der Waals surface area (Å²) < 4.78 is 0. The summed E-state index contributed by atoms with van der Waals surface area (Å²) in [4.78, 5) is 4.63. The maximum absolute atomic E-state index is 4.63. The van der Waals surface area contributed by atoms with E-state index in [4.69, 9.17) is 0 Å². The first-order valence-electron chi connectivity index (χ1n) is 6.85. The zero-order valence-electron chi connectivity index (χ0n) is 11.4. The molecule has 19 heavy (non-hydrogen) atoms. The van der Waals surface area contributed by atoms with Gasteiger partial charge in [0, 0.05) is 29.9 Å². The number of hydrogen-bond donors (Lipinski definition) is 3. The van der Waals surface area contributed by atoms with E-state index in [1.165, 1.54) is 5.39 Å². The van der Waals surface area contributed by atoms with Gasteiger partial charge in [0.1, 0.15) is 5.82 Å². The molecule has 1 aromatic carbocycles. The zero-order chi connectivity index (χ0) is 13.2. The van der Waals surface area contributed by atoms with Crippen molar-refractivity contribution >= 4 is 16.7 Å². The molecule has 1 aliphatic heterocycles. The summed E-state index contributed by atoms with van der Waals surface area (Å²) >= 11 is 0. The van der Waals surface area contributed by atoms with Gasteiger partial charge in [-0.25, -0.2) is 4.98 Å². The van der Waals surface area contributed by atoms with Crippen molar-refractivity contribution in [2.75, 3.05) is 11.9 Å². The van der Waals surface area contributed by atoms with Gasteiger partial charge in [0.05, 0.1) is 5.52 Å². The van der Waals surface area contributed by atoms with Crippen molar-refractivity contribution in [3.8, 4) is 0 Å². The molecular weight excluding hydrogens is 236 g/mol. The van der Waals surface area contributed by atoms with Crippen molar-refractivity contribution in [1.82, 2.24) is 15.8 Å². The summed E-state index contributed by atoms with van der Waals surface area (Å²) in [5.41, 5.74) is 7.59. The molecule has 1 fully saturated rings. The molecule has 100 valence electrons. The molecule has 0 spiro atoms. The smallest absolute Gasteiger partial charge is 0.126 e. The van der Waals surface area contributed by atoms with Gasteiger partial charge in [0.15, 0.2) is 0 Å². The molecule has 2 heterocycles. The summed E-state index contributed by atoms with van der Waals surface area (Å²) in [6.07, 6.45) is 0. The van der Waals surface area contributed by atoms with Gasteiger partial charge in [0.2, 0.25) is 0 Å². The highest BCUT2D eigenvalue weighted by atomic mass is 15.4. The molecule has 1 aromatic heterocycles. The lowest BCUT2D eigenvalue weighted by Gasteiger charge is -2.18. The number of hydrazine groups is 1. The standard InChI is InChI=1S/C15H20N4/c1-10-13(11(2)19-18-10)9-16-15-8-7-12-5-3-4-6-14(12)17-15/h3-8,10-11,13,18-19H,9H2,1-2H3,(H,16,17). The molecule has 2 unspecified atom stereocenters. The van der Waals surface area contributed by atoms with Gasteiger partial charge in [-0.05, 0) is 32.0 Å². The number of aromatic nitrogens is 1. The van der Waals surface area contributed by atoms with Crippen molar-refractivity contribution in [3.05, 3.63) is 36.4 Å². The number of hydrogen-bond acceptors (Lipinski definition) is 4. The van der Waals surface area contributed by atoms with Crippen molar-refractivity contribution in [2.45, 2.75) is 25.9 Å². The topological polar surface area (TPSA) is 49.0 Å². The van der Waals surface area contributed by atoms with Gasteiger partial charge in [0.25, 0.3) is 0 Å². The quantitative estimate of drug-likeness (QED) is 0.787. The van der Waals surface area contributed by atoms with Crippen LogP contribution in [0.4, 0.5) is 5.82 Å². The third-order valence-corrected chi connectivity index (χ3v) is 3.94. The van der Waals surface area contributed by atoms with E-state index in [0.29, 0.717) is 18.0 Å². The average molecular weight is 256 g/mol. The van der Waals surface area contributed by atoms with E-state index in [9.17, 15) is 0 Å². The molecule has 2 atom stereocenters. The fourth-order valence-electron chi connectivity index (χ4n) is 2.65. The highest BCUT2D eigenvalue weighted by Gasteiger charge is 2.29. The summed E-state index contributed by atoms with van der Waals surface area (Å²) in [7, 11) is 0. The van der Waals surface area contributed by atoms with E-state index >= 15 is 0 Å². The summed E-state index contributed by atoms with van der Waals surface area (Å²) in [6.45, 7) is 5.33. The third kappa shape index (κ3) is 2.55. The first-order valence-corrected chi connectivity index (χ1v) is 6.85. The molecule has 0 radical (unpaired) electrons. The number of anilines is 1. The second-order valence-corrected chi connectivity index (χ2v) is 5.30. The Morgan fingerprint density at radius 3 is 2.58 bits per heavy atom. The van der Waals surface area contributed by atoms with Gasteiger partial charge in [-0.1, -0.05) is 18.2 Å². The molecular formula is C15H20N4. The number of nitrogens with one attached hydrogen (secondary N) is 3. The molecule has 0 saturated carbocycles. The first-order chi connectivity index (χ1) is 9.24. The minimum absolute atomic E-state index is 0.475. The van der Waals surface area contributed by atoms with E-state index in [2.05, 4.69) is 47.1 Å². The van der Waals surface area contributed by atoms with Crippen LogP contribution in [0.2, 0.25) is 0 Å². The van der Waals surface area contributed by atoms with Crippen LogP contribution in [0.25, 0.3) is 10.9 Å². The average Bonchev–Trinajstić information content (AvgIpc) is 2.76. The van der Waals surface area contributed by atoms with E-state index in [0.717, 1.165) is 17.9 Å². The Hall–Kier alpha value is -1.65. The maximum Gasteiger partial charge on any atom is 0.126 e. The largest absolute Gasteiger partial charge is 0.370 e. The number of nitrogens with zero attached hydrogens (tertiary/aromatic N) is 1. The second kappa shape index (κ2) is 5.15. The van der Waals surface area contributed by atoms with Crippen LogP contribution in [-0.4, -0.2) is 23.6 Å². The fourth-order valence-corrected chi connectivity index (χ4v) is 2.65. The second-order valence-electron chi connectivity index (χ2n) is 5.30. The molecule has 3 rings (SSSR count). The molecule has 1 aliphatic rings. The molecule has 2 aromatic rings. The van der Waals surface area contributed by atoms with Crippen LogP contribution in [0.15, 0.2) is 36.4 Å². The third-order valence-electron chi connectivity index (χ3n) is 3.94. The summed E-state index contributed by atoms with van der Waals surface area (Å²) in [5.74, 6) is 1.51. The maximum atomic E-state index is 4.63. The van der Waals surface area contributed by atoms with E-state index in [-0.39, 0.29) is 0 Å². The number of rotatable bonds is 3. The van der Waals surface area contributed by atoms with Crippen LogP contribution in [0.1, 0.15) is 13.8 Å². The van der Waals surface area contributed by atoms with Crippen LogP contribution in [0.5, 0.6) is 0 Å². The van der Waals surface area contributed by atoms with Gasteiger partial charge in [-0.15, -0.1) is 0 Å². The molecule has 4 heteroatoms. The molecule has 0 aliphatic carbocycles. The lowest BCUT2D eigenvalue weighted by Crippen LogP contribution is -2.30. The molecule has 4 nitrogen and oxygen atoms in total. The highest BCUT2D eigenvalue weighted by Crippen LogP contribution is 2.17. The van der Waals surface area contributed by atoms with E-state index in [1.807, 2.05) is 24.3 Å². The monoisotopic (exact) mass is 256 g/mol. The fraction of sp³-hybridized carbons (Fsp3) is 0.400. The normalized spacial score (nSPS) is 26.7. The van der Waals surface area contributed by atoms with Gasteiger partial charge in [-0.2, -0.15) is 0 Å². The van der Waals surface area contributed by atoms with Crippen LogP contribution in [0.3, 0.4) is 0 Å². The Morgan fingerprint density at radius 2 is 1.79 bits per heavy atom.